The van der Waals surface area contributed by atoms with Gasteiger partial charge in [0.15, 0.2) is 11.5 Å². The minimum atomic E-state index is -0.193. The number of ether oxygens (including phenoxy) is 1. The number of rotatable bonds is 8. The van der Waals surface area contributed by atoms with Gasteiger partial charge in [-0.05, 0) is 67.8 Å². The van der Waals surface area contributed by atoms with Crippen molar-refractivity contribution in [1.82, 2.24) is 10.2 Å². The highest BCUT2D eigenvalue weighted by Crippen LogP contribution is 2.35. The van der Waals surface area contributed by atoms with Gasteiger partial charge >= 0.3 is 0 Å². The molecule has 0 aliphatic carbocycles. The standard InChI is InChI=1S/C30H36ClN3O4.2ClH/c1-19(2)26(18-33-12-13-34(21(4)17-33)23-6-5-7-24(35)16-23)32-30(37)22-9-11-28(25(31)15-22)38-29-14-20(3)8-10-27(29)36;;/h5-11,14-16,19,21,26,35-36H,12-13,17-18H2,1-4H3,(H,32,37);2*1H/t21-,26+;;/m0../s1. The maximum Gasteiger partial charge on any atom is 0.251 e. The van der Waals surface area contributed by atoms with Crippen LogP contribution in [0.1, 0.15) is 36.7 Å². The minimum absolute atomic E-state index is 0. The van der Waals surface area contributed by atoms with E-state index in [1.807, 2.05) is 19.1 Å². The normalized spacial score (nSPS) is 16.1. The predicted molar refractivity (Wildman–Crippen MR) is 166 cm³/mol. The molecule has 3 aromatic rings. The number of piperazine rings is 1. The molecule has 0 unspecified atom stereocenters. The number of hydrogen-bond donors (Lipinski definition) is 3. The molecular weight excluding hydrogens is 573 g/mol. The molecule has 3 N–H and O–H groups in total. The molecule has 4 rings (SSSR count). The van der Waals surface area contributed by atoms with E-state index in [1.165, 1.54) is 0 Å². The van der Waals surface area contributed by atoms with Crippen LogP contribution in [0.5, 0.6) is 23.0 Å². The number of phenols is 2. The smallest absolute Gasteiger partial charge is 0.251 e. The molecule has 1 aliphatic heterocycles. The third kappa shape index (κ3) is 8.33. The molecule has 7 nitrogen and oxygen atoms in total. The molecule has 0 aromatic heterocycles. The Morgan fingerprint density at radius 1 is 1.05 bits per heavy atom. The second-order valence-electron chi connectivity index (χ2n) is 10.4. The van der Waals surface area contributed by atoms with Gasteiger partial charge in [-0.2, -0.15) is 0 Å². The van der Waals surface area contributed by atoms with Crippen LogP contribution in [-0.2, 0) is 0 Å². The summed E-state index contributed by atoms with van der Waals surface area (Å²) in [7, 11) is 0. The van der Waals surface area contributed by atoms with Crippen LogP contribution in [0.25, 0.3) is 0 Å². The van der Waals surface area contributed by atoms with Crippen molar-refractivity contribution < 1.29 is 19.7 Å². The Balaban J connectivity index is 0.00000280. The molecule has 40 heavy (non-hydrogen) atoms. The van der Waals surface area contributed by atoms with Gasteiger partial charge < -0.3 is 25.2 Å². The summed E-state index contributed by atoms with van der Waals surface area (Å²) in [4.78, 5) is 17.8. The number of amides is 1. The Hall–Kier alpha value is -2.84. The third-order valence-corrected chi connectivity index (χ3v) is 7.27. The lowest BCUT2D eigenvalue weighted by molar-refractivity contribution is 0.0903. The van der Waals surface area contributed by atoms with Gasteiger partial charge in [0, 0.05) is 55.6 Å². The van der Waals surface area contributed by atoms with E-state index in [2.05, 4.69) is 35.9 Å². The highest BCUT2D eigenvalue weighted by Gasteiger charge is 2.28. The second kappa shape index (κ2) is 14.7. The van der Waals surface area contributed by atoms with E-state index in [4.69, 9.17) is 16.3 Å². The molecule has 2 atom stereocenters. The number of phenolic OH excluding ortho intramolecular Hbond substituents is 2. The zero-order valence-electron chi connectivity index (χ0n) is 23.1. The maximum absolute atomic E-state index is 13.2. The van der Waals surface area contributed by atoms with Crippen molar-refractivity contribution in [3.8, 4) is 23.0 Å². The van der Waals surface area contributed by atoms with Crippen molar-refractivity contribution in [1.29, 1.82) is 0 Å². The van der Waals surface area contributed by atoms with E-state index in [0.717, 1.165) is 37.4 Å². The Morgan fingerprint density at radius 2 is 1.80 bits per heavy atom. The summed E-state index contributed by atoms with van der Waals surface area (Å²) in [5.74, 6) is 1.01. The van der Waals surface area contributed by atoms with Crippen LogP contribution in [0.15, 0.2) is 60.7 Å². The molecule has 0 radical (unpaired) electrons. The van der Waals surface area contributed by atoms with Crippen LogP contribution in [0, 0.1) is 12.8 Å². The van der Waals surface area contributed by atoms with Crippen molar-refractivity contribution in [2.45, 2.75) is 39.8 Å². The van der Waals surface area contributed by atoms with Gasteiger partial charge in [0.1, 0.15) is 11.5 Å². The van der Waals surface area contributed by atoms with E-state index >= 15 is 0 Å². The lowest BCUT2D eigenvalue weighted by atomic mass is 10.0. The van der Waals surface area contributed by atoms with Crippen molar-refractivity contribution in [2.75, 3.05) is 31.1 Å². The van der Waals surface area contributed by atoms with E-state index in [9.17, 15) is 15.0 Å². The number of nitrogens with zero attached hydrogens (tertiary/aromatic N) is 2. The van der Waals surface area contributed by atoms with Gasteiger partial charge in [-0.3, -0.25) is 9.69 Å². The Morgan fingerprint density at radius 3 is 2.45 bits per heavy atom. The number of aromatic hydroxyl groups is 2. The molecule has 3 aromatic carbocycles. The Labute approximate surface area is 253 Å². The first-order valence-corrected chi connectivity index (χ1v) is 13.3. The number of carbonyl (C=O) groups is 1. The predicted octanol–water partition coefficient (Wildman–Crippen LogP) is 6.66. The summed E-state index contributed by atoms with van der Waals surface area (Å²) in [6.07, 6.45) is 0. The largest absolute Gasteiger partial charge is 0.508 e. The van der Waals surface area contributed by atoms with E-state index < -0.39 is 0 Å². The average Bonchev–Trinajstić information content (AvgIpc) is 2.87. The van der Waals surface area contributed by atoms with Gasteiger partial charge in [-0.1, -0.05) is 37.6 Å². The van der Waals surface area contributed by atoms with Crippen molar-refractivity contribution in [2.24, 2.45) is 5.92 Å². The average molecular weight is 611 g/mol. The molecule has 1 fully saturated rings. The summed E-state index contributed by atoms with van der Waals surface area (Å²) in [6.45, 7) is 11.6. The van der Waals surface area contributed by atoms with Gasteiger partial charge in [-0.15, -0.1) is 24.8 Å². The monoisotopic (exact) mass is 609 g/mol. The summed E-state index contributed by atoms with van der Waals surface area (Å²) in [5, 5.41) is 23.4. The van der Waals surface area contributed by atoms with Crippen LogP contribution in [-0.4, -0.2) is 59.3 Å². The molecule has 0 spiro atoms. The number of aryl methyl sites for hydroxylation is 1. The van der Waals surface area contributed by atoms with Crippen molar-refractivity contribution >= 4 is 48.0 Å². The molecule has 0 saturated carbocycles. The fourth-order valence-electron chi connectivity index (χ4n) is 4.75. The fourth-order valence-corrected chi connectivity index (χ4v) is 4.97. The Kier molecular flexibility index (Phi) is 12.3. The molecule has 1 aliphatic rings. The summed E-state index contributed by atoms with van der Waals surface area (Å²) < 4.78 is 5.79. The molecule has 10 heteroatoms. The van der Waals surface area contributed by atoms with E-state index in [-0.39, 0.29) is 65.2 Å². The van der Waals surface area contributed by atoms with Crippen LogP contribution < -0.4 is 15.0 Å². The summed E-state index contributed by atoms with van der Waals surface area (Å²) in [5.41, 5.74) is 2.41. The molecular formula is C30H38Cl3N3O4. The third-order valence-electron chi connectivity index (χ3n) is 6.98. The van der Waals surface area contributed by atoms with Gasteiger partial charge in [0.2, 0.25) is 0 Å². The first-order valence-electron chi connectivity index (χ1n) is 13.0. The van der Waals surface area contributed by atoms with Crippen LogP contribution in [0.4, 0.5) is 5.69 Å². The highest BCUT2D eigenvalue weighted by atomic mass is 35.5. The van der Waals surface area contributed by atoms with E-state index in [0.29, 0.717) is 17.1 Å². The van der Waals surface area contributed by atoms with E-state index in [1.54, 1.807) is 48.5 Å². The number of halogens is 3. The number of anilines is 1. The van der Waals surface area contributed by atoms with Crippen molar-refractivity contribution in [3.63, 3.8) is 0 Å². The number of benzene rings is 3. The van der Waals surface area contributed by atoms with Gasteiger partial charge in [-0.25, -0.2) is 0 Å². The zero-order valence-corrected chi connectivity index (χ0v) is 25.5. The number of carbonyl (C=O) groups excluding carboxylic acids is 1. The summed E-state index contributed by atoms with van der Waals surface area (Å²) in [6, 6.07) is 17.6. The quantitative estimate of drug-likeness (QED) is 0.265. The number of nitrogens with one attached hydrogen (secondary N) is 1. The second-order valence-corrected chi connectivity index (χ2v) is 10.8. The molecule has 1 amide bonds. The lowest BCUT2D eigenvalue weighted by Gasteiger charge is -2.42. The molecule has 218 valence electrons. The number of hydrogen-bond acceptors (Lipinski definition) is 6. The first-order chi connectivity index (χ1) is 18.1. The molecule has 0 bridgehead atoms. The van der Waals surface area contributed by atoms with Gasteiger partial charge in [0.25, 0.3) is 5.91 Å². The minimum Gasteiger partial charge on any atom is -0.508 e. The Bertz CT molecular complexity index is 1290. The first kappa shape index (κ1) is 33.4. The topological polar surface area (TPSA) is 85.3 Å². The van der Waals surface area contributed by atoms with Crippen LogP contribution in [0.3, 0.4) is 0 Å². The highest BCUT2D eigenvalue weighted by molar-refractivity contribution is 6.32. The van der Waals surface area contributed by atoms with Crippen LogP contribution in [0.2, 0.25) is 5.02 Å². The molecule has 1 saturated heterocycles. The van der Waals surface area contributed by atoms with Crippen molar-refractivity contribution in [3.05, 3.63) is 76.8 Å². The lowest BCUT2D eigenvalue weighted by Crippen LogP contribution is -2.56. The summed E-state index contributed by atoms with van der Waals surface area (Å²) >= 11 is 6.45. The SMILES string of the molecule is Cc1ccc(O)c(Oc2ccc(C(=O)N[C@H](CN3CCN(c4cccc(O)c4)[C@@H](C)C3)C(C)C)cc2Cl)c1.Cl.Cl. The maximum atomic E-state index is 13.2. The van der Waals surface area contributed by atoms with Crippen LogP contribution >= 0.6 is 36.4 Å². The fraction of sp³-hybridized carbons (Fsp3) is 0.367. The zero-order chi connectivity index (χ0) is 27.4. The molecule has 1 heterocycles. The van der Waals surface area contributed by atoms with Gasteiger partial charge in [0.05, 0.1) is 5.02 Å².